The Labute approximate surface area is 206 Å². The number of aryl methyl sites for hydroxylation is 1. The third-order valence-corrected chi connectivity index (χ3v) is 5.45. The lowest BCUT2D eigenvalue weighted by Crippen LogP contribution is -2.15. The topological polar surface area (TPSA) is 105 Å². The number of hydrogen-bond acceptors (Lipinski definition) is 4. The molecule has 0 atom stereocenters. The normalized spacial score (nSPS) is 10.5. The van der Waals surface area contributed by atoms with Crippen LogP contribution in [0, 0.1) is 0 Å². The molecule has 1 aromatic heterocycles. The molecule has 0 aliphatic carbocycles. The molecule has 0 radical (unpaired) electrons. The van der Waals surface area contributed by atoms with E-state index in [9.17, 15) is 14.4 Å². The molecule has 3 aromatic carbocycles. The molecule has 35 heavy (non-hydrogen) atoms. The number of carbonyl (C=O) groups is 3. The summed E-state index contributed by atoms with van der Waals surface area (Å²) in [5.74, 6) is -0.336. The van der Waals surface area contributed by atoms with Crippen molar-refractivity contribution in [2.75, 3.05) is 16.0 Å². The van der Waals surface area contributed by atoms with Gasteiger partial charge in [0.15, 0.2) is 0 Å². The number of nitrogens with zero attached hydrogens (tertiary/aromatic N) is 2. The fourth-order valence-electron chi connectivity index (χ4n) is 3.42. The zero-order valence-electron chi connectivity index (χ0n) is 19.0. The fraction of sp³-hybridized carbons (Fsp3) is 0.0769. The summed E-state index contributed by atoms with van der Waals surface area (Å²) >= 11 is 6.09. The predicted molar refractivity (Wildman–Crippen MR) is 137 cm³/mol. The Morgan fingerprint density at radius 1 is 0.800 bits per heavy atom. The van der Waals surface area contributed by atoms with Gasteiger partial charge >= 0.3 is 0 Å². The quantitative estimate of drug-likeness (QED) is 0.347. The van der Waals surface area contributed by atoms with E-state index >= 15 is 0 Å². The van der Waals surface area contributed by atoms with Crippen LogP contribution < -0.4 is 16.0 Å². The van der Waals surface area contributed by atoms with Crippen molar-refractivity contribution >= 4 is 46.5 Å². The van der Waals surface area contributed by atoms with Crippen LogP contribution in [-0.2, 0) is 11.8 Å². The molecule has 0 fully saturated rings. The lowest BCUT2D eigenvalue weighted by atomic mass is 10.1. The first kappa shape index (κ1) is 23.7. The molecule has 0 aliphatic rings. The van der Waals surface area contributed by atoms with Crippen LogP contribution in [0.25, 0.3) is 11.3 Å². The number of amides is 3. The van der Waals surface area contributed by atoms with Gasteiger partial charge in [-0.25, -0.2) is 0 Å². The average Bonchev–Trinajstić information content (AvgIpc) is 3.19. The Kier molecular flexibility index (Phi) is 6.93. The molecule has 8 nitrogen and oxygen atoms in total. The molecular formula is C26H22ClN5O3. The molecule has 4 aromatic rings. The fourth-order valence-corrected chi connectivity index (χ4v) is 3.64. The lowest BCUT2D eigenvalue weighted by molar-refractivity contribution is -0.114. The number of halogens is 1. The second kappa shape index (κ2) is 10.2. The van der Waals surface area contributed by atoms with Crippen LogP contribution in [-0.4, -0.2) is 27.5 Å². The summed E-state index contributed by atoms with van der Waals surface area (Å²) in [7, 11) is 1.73. The highest BCUT2D eigenvalue weighted by Crippen LogP contribution is 2.24. The van der Waals surface area contributed by atoms with E-state index in [4.69, 9.17) is 11.6 Å². The number of rotatable bonds is 6. The van der Waals surface area contributed by atoms with E-state index in [2.05, 4.69) is 21.0 Å². The average molecular weight is 488 g/mol. The van der Waals surface area contributed by atoms with Gasteiger partial charge in [0.1, 0.15) is 5.82 Å². The smallest absolute Gasteiger partial charge is 0.257 e. The summed E-state index contributed by atoms with van der Waals surface area (Å²) in [6, 6.07) is 22.4. The maximum Gasteiger partial charge on any atom is 0.257 e. The second-order valence-corrected chi connectivity index (χ2v) is 8.17. The van der Waals surface area contributed by atoms with Crippen molar-refractivity contribution in [3.8, 4) is 11.3 Å². The summed E-state index contributed by atoms with van der Waals surface area (Å²) < 4.78 is 1.57. The molecule has 3 N–H and O–H groups in total. The first-order chi connectivity index (χ1) is 16.8. The first-order valence-electron chi connectivity index (χ1n) is 10.7. The van der Waals surface area contributed by atoms with Crippen molar-refractivity contribution in [1.82, 2.24) is 9.78 Å². The number of benzene rings is 3. The maximum absolute atomic E-state index is 12.7. The zero-order chi connectivity index (χ0) is 24.9. The van der Waals surface area contributed by atoms with Crippen LogP contribution in [0.2, 0.25) is 5.02 Å². The van der Waals surface area contributed by atoms with E-state index in [-0.39, 0.29) is 17.7 Å². The summed E-state index contributed by atoms with van der Waals surface area (Å²) in [5.41, 5.74) is 3.41. The van der Waals surface area contributed by atoms with Crippen molar-refractivity contribution in [3.63, 3.8) is 0 Å². The van der Waals surface area contributed by atoms with E-state index in [0.29, 0.717) is 39.0 Å². The predicted octanol–water partition coefficient (Wildman–Crippen LogP) is 5.20. The van der Waals surface area contributed by atoms with Crippen LogP contribution in [0.5, 0.6) is 0 Å². The van der Waals surface area contributed by atoms with Crippen molar-refractivity contribution < 1.29 is 14.4 Å². The third-order valence-electron chi connectivity index (χ3n) is 5.12. The van der Waals surface area contributed by atoms with Crippen LogP contribution in [0.4, 0.5) is 17.2 Å². The molecule has 0 aliphatic heterocycles. The van der Waals surface area contributed by atoms with Gasteiger partial charge in [-0.05, 0) is 42.5 Å². The highest BCUT2D eigenvalue weighted by Gasteiger charge is 2.14. The Morgan fingerprint density at radius 3 is 2.26 bits per heavy atom. The van der Waals surface area contributed by atoms with Gasteiger partial charge in [-0.15, -0.1) is 0 Å². The van der Waals surface area contributed by atoms with Gasteiger partial charge in [-0.3, -0.25) is 19.1 Å². The van der Waals surface area contributed by atoms with Gasteiger partial charge < -0.3 is 16.0 Å². The van der Waals surface area contributed by atoms with E-state index in [1.54, 1.807) is 78.5 Å². The van der Waals surface area contributed by atoms with Crippen molar-refractivity contribution in [2.45, 2.75) is 6.92 Å². The van der Waals surface area contributed by atoms with E-state index in [1.807, 2.05) is 12.1 Å². The molecule has 0 saturated carbocycles. The van der Waals surface area contributed by atoms with E-state index in [1.165, 1.54) is 6.92 Å². The monoisotopic (exact) mass is 487 g/mol. The van der Waals surface area contributed by atoms with Crippen LogP contribution in [0.3, 0.4) is 0 Å². The Morgan fingerprint density at radius 2 is 1.54 bits per heavy atom. The minimum atomic E-state index is -0.329. The standard InChI is InChI=1S/C26H22ClN5O3/c1-16(33)28-20-7-5-6-18(14-20)25(34)30-24-15-23(31-32(24)2)17-10-12-19(13-11-17)29-26(35)21-8-3-4-9-22(21)27/h3-15H,1-2H3,(H,28,33)(H,29,35)(H,30,34). The number of hydrogen-bond donors (Lipinski definition) is 3. The number of carbonyl (C=O) groups excluding carboxylic acids is 3. The zero-order valence-corrected chi connectivity index (χ0v) is 19.8. The highest BCUT2D eigenvalue weighted by molar-refractivity contribution is 6.34. The largest absolute Gasteiger partial charge is 0.326 e. The molecule has 0 spiro atoms. The third kappa shape index (κ3) is 5.74. The number of aromatic nitrogens is 2. The minimum absolute atomic E-state index is 0.215. The van der Waals surface area contributed by atoms with E-state index in [0.717, 1.165) is 5.56 Å². The van der Waals surface area contributed by atoms with Gasteiger partial charge in [-0.1, -0.05) is 41.9 Å². The molecule has 3 amide bonds. The molecular weight excluding hydrogens is 466 g/mol. The summed E-state index contributed by atoms with van der Waals surface area (Å²) in [6.07, 6.45) is 0. The molecule has 0 bridgehead atoms. The summed E-state index contributed by atoms with van der Waals surface area (Å²) in [4.78, 5) is 36.5. The van der Waals surface area contributed by atoms with Gasteiger partial charge in [0.2, 0.25) is 5.91 Å². The van der Waals surface area contributed by atoms with Crippen molar-refractivity contribution in [1.29, 1.82) is 0 Å². The minimum Gasteiger partial charge on any atom is -0.326 e. The Hall–Kier alpha value is -4.43. The van der Waals surface area contributed by atoms with E-state index < -0.39 is 0 Å². The Bertz CT molecular complexity index is 1410. The van der Waals surface area contributed by atoms with Crippen LogP contribution in [0.1, 0.15) is 27.6 Å². The van der Waals surface area contributed by atoms with Crippen molar-refractivity contribution in [2.24, 2.45) is 7.05 Å². The van der Waals surface area contributed by atoms with Crippen LogP contribution in [0.15, 0.2) is 78.9 Å². The van der Waals surface area contributed by atoms with Gasteiger partial charge in [0.25, 0.3) is 11.8 Å². The molecule has 9 heteroatoms. The van der Waals surface area contributed by atoms with Gasteiger partial charge in [0.05, 0.1) is 16.3 Å². The van der Waals surface area contributed by atoms with Gasteiger partial charge in [-0.2, -0.15) is 5.10 Å². The molecule has 0 unspecified atom stereocenters. The summed E-state index contributed by atoms with van der Waals surface area (Å²) in [5, 5.41) is 13.2. The number of nitrogens with one attached hydrogen (secondary N) is 3. The SMILES string of the molecule is CC(=O)Nc1cccc(C(=O)Nc2cc(-c3ccc(NC(=O)c4ccccc4Cl)cc3)nn2C)c1. The lowest BCUT2D eigenvalue weighted by Gasteiger charge is -2.07. The molecule has 0 saturated heterocycles. The first-order valence-corrected chi connectivity index (χ1v) is 11.1. The highest BCUT2D eigenvalue weighted by atomic mass is 35.5. The molecule has 176 valence electrons. The maximum atomic E-state index is 12.7. The van der Waals surface area contributed by atoms with Crippen LogP contribution >= 0.6 is 11.6 Å². The number of anilines is 3. The Balaban J connectivity index is 1.45. The second-order valence-electron chi connectivity index (χ2n) is 7.77. The molecule has 1 heterocycles. The molecule has 4 rings (SSSR count). The van der Waals surface area contributed by atoms with Gasteiger partial charge in [0, 0.05) is 42.5 Å². The van der Waals surface area contributed by atoms with Crippen molar-refractivity contribution in [3.05, 3.63) is 95.0 Å². The summed E-state index contributed by atoms with van der Waals surface area (Å²) in [6.45, 7) is 1.41.